The summed E-state index contributed by atoms with van der Waals surface area (Å²) in [5, 5.41) is 18.8. The van der Waals surface area contributed by atoms with Crippen LogP contribution < -0.4 is 5.32 Å². The number of aromatic nitrogens is 2. The Hall–Kier alpha value is -2.75. The Labute approximate surface area is 178 Å². The zero-order valence-corrected chi connectivity index (χ0v) is 18.6. The predicted octanol–water partition coefficient (Wildman–Crippen LogP) is 4.11. The first-order valence-electron chi connectivity index (χ1n) is 9.98. The van der Waals surface area contributed by atoms with Gasteiger partial charge in [-0.05, 0) is 65.9 Å². The van der Waals surface area contributed by atoms with E-state index in [1.807, 2.05) is 0 Å². The molecule has 0 aliphatic heterocycles. The molecule has 0 bridgehead atoms. The van der Waals surface area contributed by atoms with Crippen LogP contribution in [0.4, 0.5) is 10.7 Å². The highest BCUT2D eigenvalue weighted by molar-refractivity contribution is 7.17. The van der Waals surface area contributed by atoms with Crippen LogP contribution in [0.3, 0.4) is 0 Å². The lowest BCUT2D eigenvalue weighted by Crippen LogP contribution is -2.26. The van der Waals surface area contributed by atoms with E-state index in [0.717, 1.165) is 36.1 Å². The SMILES string of the molecule is Cc1nn(C(C)C(=O)Nc2sc3c(c2C(=O)OC(C)C)CCCC3)c(C)c1[N+](=O)[O-]. The second-order valence-electron chi connectivity index (χ2n) is 7.76. The zero-order valence-electron chi connectivity index (χ0n) is 17.8. The van der Waals surface area contributed by atoms with E-state index in [9.17, 15) is 19.7 Å². The predicted molar refractivity (Wildman–Crippen MR) is 113 cm³/mol. The Balaban J connectivity index is 1.91. The number of carbonyl (C=O) groups excluding carboxylic acids is 2. The summed E-state index contributed by atoms with van der Waals surface area (Å²) < 4.78 is 6.77. The molecule has 1 N–H and O–H groups in total. The summed E-state index contributed by atoms with van der Waals surface area (Å²) in [5.74, 6) is -0.832. The molecule has 1 aliphatic rings. The summed E-state index contributed by atoms with van der Waals surface area (Å²) in [7, 11) is 0. The standard InChI is InChI=1S/C20H26N4O5S/c1-10(2)29-20(26)16-14-8-6-7-9-15(14)30-19(16)21-18(25)13(5)23-12(4)17(24(27)28)11(3)22-23/h10,13H,6-9H2,1-5H3,(H,21,25). The van der Waals surface area contributed by atoms with Crippen LogP contribution in [0.15, 0.2) is 0 Å². The van der Waals surface area contributed by atoms with Gasteiger partial charge in [0, 0.05) is 4.88 Å². The Morgan fingerprint density at radius 2 is 1.90 bits per heavy atom. The van der Waals surface area contributed by atoms with Gasteiger partial charge in [-0.2, -0.15) is 5.10 Å². The topological polar surface area (TPSA) is 116 Å². The molecule has 30 heavy (non-hydrogen) atoms. The van der Waals surface area contributed by atoms with E-state index >= 15 is 0 Å². The number of fused-ring (bicyclic) bond motifs is 1. The van der Waals surface area contributed by atoms with E-state index in [4.69, 9.17) is 4.74 Å². The van der Waals surface area contributed by atoms with Crippen molar-refractivity contribution in [3.8, 4) is 0 Å². The van der Waals surface area contributed by atoms with Gasteiger partial charge in [-0.3, -0.25) is 19.6 Å². The number of esters is 1. The lowest BCUT2D eigenvalue weighted by Gasteiger charge is -2.16. The Bertz CT molecular complexity index is 1010. The van der Waals surface area contributed by atoms with Gasteiger partial charge in [0.25, 0.3) is 0 Å². The number of carbonyl (C=O) groups is 2. The minimum absolute atomic E-state index is 0.0950. The van der Waals surface area contributed by atoms with E-state index in [-0.39, 0.29) is 17.5 Å². The fraction of sp³-hybridized carbons (Fsp3) is 0.550. The highest BCUT2D eigenvalue weighted by atomic mass is 32.1. The Kier molecular flexibility index (Phi) is 6.25. The zero-order chi connectivity index (χ0) is 22.2. The first kappa shape index (κ1) is 21.9. The first-order chi connectivity index (χ1) is 14.1. The highest BCUT2D eigenvalue weighted by Gasteiger charge is 2.31. The van der Waals surface area contributed by atoms with E-state index in [2.05, 4.69) is 10.4 Å². The molecule has 1 amide bonds. The highest BCUT2D eigenvalue weighted by Crippen LogP contribution is 2.39. The molecule has 3 rings (SSSR count). The van der Waals surface area contributed by atoms with Gasteiger partial charge in [-0.1, -0.05) is 0 Å². The lowest BCUT2D eigenvalue weighted by atomic mass is 9.95. The third-order valence-corrected chi connectivity index (χ3v) is 6.38. The first-order valence-corrected chi connectivity index (χ1v) is 10.8. The molecule has 1 unspecified atom stereocenters. The third kappa shape index (κ3) is 4.09. The molecular weight excluding hydrogens is 408 g/mol. The van der Waals surface area contributed by atoms with Gasteiger partial charge in [-0.25, -0.2) is 4.79 Å². The number of hydrogen-bond acceptors (Lipinski definition) is 7. The number of nitrogens with one attached hydrogen (secondary N) is 1. The summed E-state index contributed by atoms with van der Waals surface area (Å²) in [6.07, 6.45) is 3.42. The second-order valence-corrected chi connectivity index (χ2v) is 8.86. The van der Waals surface area contributed by atoms with Gasteiger partial charge in [0.15, 0.2) is 0 Å². The number of nitrogens with zero attached hydrogens (tertiary/aromatic N) is 3. The molecule has 10 heteroatoms. The number of ether oxygens (including phenoxy) is 1. The van der Waals surface area contributed by atoms with Crippen LogP contribution in [0, 0.1) is 24.0 Å². The Morgan fingerprint density at radius 3 is 2.50 bits per heavy atom. The molecule has 1 aliphatic carbocycles. The third-order valence-electron chi connectivity index (χ3n) is 5.17. The van der Waals surface area contributed by atoms with Crippen LogP contribution in [0.1, 0.15) is 71.8 Å². The van der Waals surface area contributed by atoms with Gasteiger partial charge < -0.3 is 10.1 Å². The maximum absolute atomic E-state index is 13.0. The molecule has 162 valence electrons. The fourth-order valence-electron chi connectivity index (χ4n) is 3.77. The van der Waals surface area contributed by atoms with E-state index in [0.29, 0.717) is 16.3 Å². The quantitative estimate of drug-likeness (QED) is 0.415. The van der Waals surface area contributed by atoms with Crippen LogP contribution in [-0.2, 0) is 22.4 Å². The average molecular weight is 435 g/mol. The average Bonchev–Trinajstić information content (AvgIpc) is 3.16. The molecular formula is C20H26N4O5S. The lowest BCUT2D eigenvalue weighted by molar-refractivity contribution is -0.386. The number of amides is 1. The largest absolute Gasteiger partial charge is 0.459 e. The van der Waals surface area contributed by atoms with Crippen LogP contribution >= 0.6 is 11.3 Å². The molecule has 1 atom stereocenters. The smallest absolute Gasteiger partial charge is 0.341 e. The van der Waals surface area contributed by atoms with Crippen molar-refractivity contribution >= 4 is 33.9 Å². The van der Waals surface area contributed by atoms with Crippen molar-refractivity contribution < 1.29 is 19.2 Å². The van der Waals surface area contributed by atoms with Gasteiger partial charge in [0.05, 0.1) is 16.6 Å². The van der Waals surface area contributed by atoms with E-state index in [1.54, 1.807) is 34.6 Å². The summed E-state index contributed by atoms with van der Waals surface area (Å²) in [5.41, 5.74) is 1.86. The summed E-state index contributed by atoms with van der Waals surface area (Å²) in [4.78, 5) is 37.6. The minimum Gasteiger partial charge on any atom is -0.459 e. The molecule has 2 heterocycles. The van der Waals surface area contributed by atoms with Crippen molar-refractivity contribution in [3.63, 3.8) is 0 Å². The molecule has 0 saturated heterocycles. The number of aryl methyl sites for hydroxylation is 2. The Morgan fingerprint density at radius 1 is 1.23 bits per heavy atom. The van der Waals surface area contributed by atoms with Gasteiger partial charge >= 0.3 is 11.7 Å². The normalized spacial score (nSPS) is 14.3. The van der Waals surface area contributed by atoms with Gasteiger partial charge in [-0.15, -0.1) is 11.3 Å². The molecule has 2 aromatic rings. The van der Waals surface area contributed by atoms with Gasteiger partial charge in [0.2, 0.25) is 5.91 Å². The maximum atomic E-state index is 13.0. The van der Waals surface area contributed by atoms with Crippen molar-refractivity contribution in [2.45, 2.75) is 72.4 Å². The molecule has 0 aromatic carbocycles. The fourth-order valence-corrected chi connectivity index (χ4v) is 5.05. The second kappa shape index (κ2) is 8.55. The van der Waals surface area contributed by atoms with Crippen molar-refractivity contribution in [2.75, 3.05) is 5.32 Å². The maximum Gasteiger partial charge on any atom is 0.341 e. The van der Waals surface area contributed by atoms with Crippen LogP contribution in [0.2, 0.25) is 0 Å². The van der Waals surface area contributed by atoms with Crippen LogP contribution in [0.25, 0.3) is 0 Å². The van der Waals surface area contributed by atoms with Crippen molar-refractivity contribution in [1.82, 2.24) is 9.78 Å². The summed E-state index contributed by atoms with van der Waals surface area (Å²) in [6.45, 7) is 8.30. The summed E-state index contributed by atoms with van der Waals surface area (Å²) in [6, 6.07) is -0.787. The van der Waals surface area contributed by atoms with Crippen molar-refractivity contribution in [3.05, 3.63) is 37.5 Å². The number of nitro groups is 1. The number of rotatable bonds is 6. The number of anilines is 1. The van der Waals surface area contributed by atoms with E-state index in [1.165, 1.54) is 16.0 Å². The molecule has 0 radical (unpaired) electrons. The minimum atomic E-state index is -0.787. The van der Waals surface area contributed by atoms with Gasteiger partial charge in [0.1, 0.15) is 22.4 Å². The molecule has 9 nitrogen and oxygen atoms in total. The van der Waals surface area contributed by atoms with E-state index < -0.39 is 22.8 Å². The van der Waals surface area contributed by atoms with Crippen LogP contribution in [0.5, 0.6) is 0 Å². The van der Waals surface area contributed by atoms with Crippen molar-refractivity contribution in [1.29, 1.82) is 0 Å². The van der Waals surface area contributed by atoms with Crippen LogP contribution in [-0.4, -0.2) is 32.7 Å². The van der Waals surface area contributed by atoms with Crippen molar-refractivity contribution in [2.24, 2.45) is 0 Å². The molecule has 2 aromatic heterocycles. The molecule has 0 fully saturated rings. The number of hydrogen-bond donors (Lipinski definition) is 1. The molecule has 0 saturated carbocycles. The molecule has 0 spiro atoms. The monoisotopic (exact) mass is 434 g/mol. The number of thiophene rings is 1. The summed E-state index contributed by atoms with van der Waals surface area (Å²) >= 11 is 1.41.